The first-order chi connectivity index (χ1) is 17.3. The van der Waals surface area contributed by atoms with Crippen LogP contribution >= 0.6 is 11.6 Å². The van der Waals surface area contributed by atoms with E-state index in [0.29, 0.717) is 11.1 Å². The number of anilines is 1. The molecule has 4 rings (SSSR count). The molecule has 0 spiro atoms. The molecule has 2 aliphatic rings. The van der Waals surface area contributed by atoms with Crippen LogP contribution in [-0.2, 0) is 28.9 Å². The molecule has 0 saturated carbocycles. The molecule has 0 radical (unpaired) electrons. The van der Waals surface area contributed by atoms with Crippen LogP contribution in [0, 0.1) is 0 Å². The monoisotopic (exact) mass is 536 g/mol. The fourth-order valence-electron chi connectivity index (χ4n) is 4.45. The first-order valence-electron chi connectivity index (χ1n) is 11.6. The van der Waals surface area contributed by atoms with Gasteiger partial charge in [-0.05, 0) is 47.2 Å². The van der Waals surface area contributed by atoms with E-state index in [1.807, 2.05) is 0 Å². The maximum atomic E-state index is 13.2. The van der Waals surface area contributed by atoms with Crippen molar-refractivity contribution in [3.05, 3.63) is 63.2 Å². The summed E-state index contributed by atoms with van der Waals surface area (Å²) in [5, 5.41) is 6.91. The summed E-state index contributed by atoms with van der Waals surface area (Å²) in [6.07, 6.45) is -4.21. The smallest absolute Gasteiger partial charge is 0.334 e. The molecule has 1 unspecified atom stereocenters. The molecule has 2 heterocycles. The average Bonchev–Trinajstić information content (AvgIpc) is 3.12. The molecule has 37 heavy (non-hydrogen) atoms. The molecular formula is C25H24ClF3N4O4. The van der Waals surface area contributed by atoms with Gasteiger partial charge in [-0.1, -0.05) is 37.6 Å². The van der Waals surface area contributed by atoms with Crippen molar-refractivity contribution in [3.8, 4) is 0 Å². The Bertz CT molecular complexity index is 1300. The molecule has 1 atom stereocenters. The van der Waals surface area contributed by atoms with Crippen molar-refractivity contribution in [2.75, 3.05) is 5.32 Å². The SMILES string of the molecule is CC(C)c1cc(C(F)(F)F)c(Cl)cc1NC(=O)NCc1ccc2c(c1)C(=O)N(C1CCC(=O)NC1=O)C2. The summed E-state index contributed by atoms with van der Waals surface area (Å²) in [5.41, 5.74) is 1.21. The number of halogens is 4. The molecule has 8 nitrogen and oxygen atoms in total. The van der Waals surface area contributed by atoms with Gasteiger partial charge in [0, 0.05) is 30.8 Å². The van der Waals surface area contributed by atoms with Crippen LogP contribution in [0.5, 0.6) is 0 Å². The van der Waals surface area contributed by atoms with E-state index in [1.54, 1.807) is 32.0 Å². The van der Waals surface area contributed by atoms with Crippen molar-refractivity contribution in [2.24, 2.45) is 0 Å². The number of hydrogen-bond acceptors (Lipinski definition) is 4. The molecule has 0 aromatic heterocycles. The van der Waals surface area contributed by atoms with Gasteiger partial charge in [0.1, 0.15) is 6.04 Å². The molecule has 12 heteroatoms. The largest absolute Gasteiger partial charge is 0.417 e. The van der Waals surface area contributed by atoms with Gasteiger partial charge in [0.15, 0.2) is 0 Å². The number of rotatable bonds is 5. The third-order valence-corrected chi connectivity index (χ3v) is 6.67. The van der Waals surface area contributed by atoms with Crippen LogP contribution in [0.15, 0.2) is 30.3 Å². The van der Waals surface area contributed by atoms with Crippen molar-refractivity contribution in [2.45, 2.75) is 57.9 Å². The highest BCUT2D eigenvalue weighted by Gasteiger charge is 2.39. The van der Waals surface area contributed by atoms with Crippen molar-refractivity contribution in [1.29, 1.82) is 0 Å². The number of nitrogens with one attached hydrogen (secondary N) is 3. The zero-order valence-corrected chi connectivity index (χ0v) is 20.7. The van der Waals surface area contributed by atoms with Crippen LogP contribution in [0.3, 0.4) is 0 Å². The lowest BCUT2D eigenvalue weighted by molar-refractivity contribution is -0.138. The van der Waals surface area contributed by atoms with E-state index < -0.39 is 34.7 Å². The quantitative estimate of drug-likeness (QED) is 0.487. The molecule has 1 fully saturated rings. The summed E-state index contributed by atoms with van der Waals surface area (Å²) < 4.78 is 39.7. The molecular weight excluding hydrogens is 513 g/mol. The Morgan fingerprint density at radius 1 is 1.19 bits per heavy atom. The lowest BCUT2D eigenvalue weighted by atomic mass is 9.98. The van der Waals surface area contributed by atoms with Gasteiger partial charge in [0.05, 0.1) is 10.6 Å². The van der Waals surface area contributed by atoms with Crippen LogP contribution in [-0.4, -0.2) is 34.7 Å². The number of alkyl halides is 3. The Kier molecular flexibility index (Phi) is 7.18. The number of carbonyl (C=O) groups excluding carboxylic acids is 4. The van der Waals surface area contributed by atoms with Gasteiger partial charge < -0.3 is 15.5 Å². The van der Waals surface area contributed by atoms with E-state index in [0.717, 1.165) is 17.7 Å². The van der Waals surface area contributed by atoms with Crippen LogP contribution < -0.4 is 16.0 Å². The Morgan fingerprint density at radius 3 is 2.57 bits per heavy atom. The van der Waals surface area contributed by atoms with Crippen LogP contribution in [0.1, 0.15) is 65.2 Å². The maximum Gasteiger partial charge on any atom is 0.417 e. The number of fused-ring (bicyclic) bond motifs is 1. The Hall–Kier alpha value is -3.60. The number of nitrogens with zero attached hydrogens (tertiary/aromatic N) is 1. The van der Waals surface area contributed by atoms with Crippen LogP contribution in [0.4, 0.5) is 23.7 Å². The predicted octanol–water partition coefficient (Wildman–Crippen LogP) is 4.56. The first-order valence-corrected chi connectivity index (χ1v) is 11.9. The Labute approximate surface area is 215 Å². The summed E-state index contributed by atoms with van der Waals surface area (Å²) in [6, 6.07) is 5.72. The zero-order chi connectivity index (χ0) is 27.1. The van der Waals surface area contributed by atoms with Gasteiger partial charge in [-0.15, -0.1) is 0 Å². The average molecular weight is 537 g/mol. The molecule has 3 N–H and O–H groups in total. The topological polar surface area (TPSA) is 108 Å². The summed E-state index contributed by atoms with van der Waals surface area (Å²) in [4.78, 5) is 50.5. The van der Waals surface area contributed by atoms with Crippen molar-refractivity contribution in [1.82, 2.24) is 15.5 Å². The van der Waals surface area contributed by atoms with E-state index in [2.05, 4.69) is 16.0 Å². The second-order valence-corrected chi connectivity index (χ2v) is 9.68. The highest BCUT2D eigenvalue weighted by molar-refractivity contribution is 6.31. The van der Waals surface area contributed by atoms with Crippen molar-refractivity contribution >= 4 is 41.0 Å². The molecule has 0 bridgehead atoms. The summed E-state index contributed by atoms with van der Waals surface area (Å²) in [5.74, 6) is -1.52. The van der Waals surface area contributed by atoms with E-state index in [-0.39, 0.29) is 54.9 Å². The van der Waals surface area contributed by atoms with Gasteiger partial charge >= 0.3 is 12.2 Å². The van der Waals surface area contributed by atoms with Crippen LogP contribution in [0.25, 0.3) is 0 Å². The number of hydrogen-bond donors (Lipinski definition) is 3. The van der Waals surface area contributed by atoms with Gasteiger partial charge in [-0.3, -0.25) is 19.7 Å². The van der Waals surface area contributed by atoms with Crippen molar-refractivity contribution < 1.29 is 32.3 Å². The van der Waals surface area contributed by atoms with E-state index in [1.165, 1.54) is 4.90 Å². The molecule has 0 aliphatic carbocycles. The van der Waals surface area contributed by atoms with E-state index in [4.69, 9.17) is 11.6 Å². The molecule has 5 amide bonds. The van der Waals surface area contributed by atoms with Gasteiger partial charge in [0.2, 0.25) is 11.8 Å². The first kappa shape index (κ1) is 26.5. The number of piperidine rings is 1. The highest BCUT2D eigenvalue weighted by Crippen LogP contribution is 2.39. The maximum absolute atomic E-state index is 13.2. The second-order valence-electron chi connectivity index (χ2n) is 9.27. The third-order valence-electron chi connectivity index (χ3n) is 6.36. The third kappa shape index (κ3) is 5.56. The minimum atomic E-state index is -4.62. The van der Waals surface area contributed by atoms with Gasteiger partial charge in [-0.25, -0.2) is 4.79 Å². The zero-order valence-electron chi connectivity index (χ0n) is 20.0. The normalized spacial score (nSPS) is 17.6. The Balaban J connectivity index is 1.43. The summed E-state index contributed by atoms with van der Waals surface area (Å²) >= 11 is 5.83. The molecule has 2 aromatic rings. The molecule has 2 aromatic carbocycles. The van der Waals surface area contributed by atoms with E-state index >= 15 is 0 Å². The predicted molar refractivity (Wildman–Crippen MR) is 129 cm³/mol. The number of amides is 5. The lowest BCUT2D eigenvalue weighted by Crippen LogP contribution is -2.52. The number of carbonyl (C=O) groups is 4. The standard InChI is InChI=1S/C25H24ClF3N4O4/c1-12(2)15-8-17(25(27,28)29)18(26)9-19(15)31-24(37)30-10-13-3-4-14-11-33(23(36)16(14)7-13)20-5-6-21(34)32-22(20)35/h3-4,7-9,12,20H,5-6,10-11H2,1-2H3,(H2,30,31,37)(H,32,34,35). The Morgan fingerprint density at radius 2 is 1.92 bits per heavy atom. The fraction of sp³-hybridized carbons (Fsp3) is 0.360. The molecule has 196 valence electrons. The van der Waals surface area contributed by atoms with Crippen molar-refractivity contribution in [3.63, 3.8) is 0 Å². The molecule has 2 aliphatic heterocycles. The van der Waals surface area contributed by atoms with Gasteiger partial charge in [0.25, 0.3) is 5.91 Å². The number of benzene rings is 2. The second kappa shape index (κ2) is 10.0. The summed E-state index contributed by atoms with van der Waals surface area (Å²) in [7, 11) is 0. The minimum absolute atomic E-state index is 0.0379. The molecule has 1 saturated heterocycles. The van der Waals surface area contributed by atoms with Crippen LogP contribution in [0.2, 0.25) is 5.02 Å². The fourth-order valence-corrected chi connectivity index (χ4v) is 4.72. The summed E-state index contributed by atoms with van der Waals surface area (Å²) in [6.45, 7) is 3.68. The lowest BCUT2D eigenvalue weighted by Gasteiger charge is -2.29. The number of imide groups is 1. The van der Waals surface area contributed by atoms with E-state index in [9.17, 15) is 32.3 Å². The number of urea groups is 1. The van der Waals surface area contributed by atoms with Gasteiger partial charge in [-0.2, -0.15) is 13.2 Å². The minimum Gasteiger partial charge on any atom is -0.334 e. The highest BCUT2D eigenvalue weighted by atomic mass is 35.5.